The SMILES string of the molecule is CCCc1cc(CNC(=O)Nc2ccc(OC[C@@H]3CCCCO3)cc2)on1. The zero-order valence-corrected chi connectivity index (χ0v) is 15.7. The van der Waals surface area contributed by atoms with Crippen LogP contribution >= 0.6 is 0 Å². The highest BCUT2D eigenvalue weighted by Gasteiger charge is 2.14. The van der Waals surface area contributed by atoms with E-state index in [4.69, 9.17) is 14.0 Å². The molecule has 146 valence electrons. The number of aryl methyl sites for hydroxylation is 1. The van der Waals surface area contributed by atoms with E-state index in [0.29, 0.717) is 24.6 Å². The molecule has 2 aromatic rings. The van der Waals surface area contributed by atoms with E-state index in [0.717, 1.165) is 43.7 Å². The van der Waals surface area contributed by atoms with Crippen molar-refractivity contribution < 1.29 is 18.8 Å². The summed E-state index contributed by atoms with van der Waals surface area (Å²) in [6.07, 6.45) is 5.43. The van der Waals surface area contributed by atoms with Crippen LogP contribution in [0.4, 0.5) is 10.5 Å². The molecule has 7 nitrogen and oxygen atoms in total. The van der Waals surface area contributed by atoms with Crippen LogP contribution in [0, 0.1) is 0 Å². The Bertz CT molecular complexity index is 708. The number of amides is 2. The maximum Gasteiger partial charge on any atom is 0.319 e. The van der Waals surface area contributed by atoms with Gasteiger partial charge >= 0.3 is 6.03 Å². The summed E-state index contributed by atoms with van der Waals surface area (Å²) in [6, 6.07) is 8.87. The van der Waals surface area contributed by atoms with Gasteiger partial charge < -0.3 is 24.6 Å². The number of hydrogen-bond acceptors (Lipinski definition) is 5. The lowest BCUT2D eigenvalue weighted by Gasteiger charge is -2.22. The van der Waals surface area contributed by atoms with Gasteiger partial charge in [0, 0.05) is 18.4 Å². The zero-order chi connectivity index (χ0) is 18.9. The van der Waals surface area contributed by atoms with Gasteiger partial charge in [-0.3, -0.25) is 0 Å². The Labute approximate surface area is 159 Å². The lowest BCUT2D eigenvalue weighted by molar-refractivity contribution is -0.0110. The largest absolute Gasteiger partial charge is 0.491 e. The lowest BCUT2D eigenvalue weighted by atomic mass is 10.1. The van der Waals surface area contributed by atoms with Crippen molar-refractivity contribution in [2.24, 2.45) is 0 Å². The molecule has 1 aromatic carbocycles. The lowest BCUT2D eigenvalue weighted by Crippen LogP contribution is -2.28. The van der Waals surface area contributed by atoms with Crippen molar-refractivity contribution >= 4 is 11.7 Å². The zero-order valence-electron chi connectivity index (χ0n) is 15.7. The summed E-state index contributed by atoms with van der Waals surface area (Å²) in [6.45, 7) is 3.76. The molecule has 2 heterocycles. The molecule has 3 rings (SSSR count). The van der Waals surface area contributed by atoms with Crippen molar-refractivity contribution in [3.8, 4) is 5.75 Å². The molecular weight excluding hydrogens is 346 g/mol. The van der Waals surface area contributed by atoms with Crippen molar-refractivity contribution in [2.75, 3.05) is 18.5 Å². The van der Waals surface area contributed by atoms with Gasteiger partial charge in [0.25, 0.3) is 0 Å². The predicted molar refractivity (Wildman–Crippen MR) is 102 cm³/mol. The van der Waals surface area contributed by atoms with Gasteiger partial charge in [-0.05, 0) is 49.9 Å². The molecule has 0 aliphatic carbocycles. The second-order valence-corrected chi connectivity index (χ2v) is 6.67. The molecule has 1 aromatic heterocycles. The quantitative estimate of drug-likeness (QED) is 0.733. The van der Waals surface area contributed by atoms with Gasteiger partial charge in [0.05, 0.1) is 18.3 Å². The summed E-state index contributed by atoms with van der Waals surface area (Å²) in [5, 5.41) is 9.50. The Balaban J connectivity index is 1.39. The Morgan fingerprint density at radius 2 is 2.15 bits per heavy atom. The molecule has 1 fully saturated rings. The highest BCUT2D eigenvalue weighted by Crippen LogP contribution is 2.18. The standard InChI is InChI=1S/C20H27N3O4/c1-2-5-16-12-19(27-23-16)13-21-20(24)22-15-7-9-17(10-8-15)26-14-18-6-3-4-11-25-18/h7-10,12,18H,2-6,11,13-14H2,1H3,(H2,21,22,24)/t18-/m0/s1. The number of anilines is 1. The van der Waals surface area contributed by atoms with Crippen molar-refractivity contribution in [2.45, 2.75) is 51.7 Å². The third-order valence-corrected chi connectivity index (χ3v) is 4.36. The maximum absolute atomic E-state index is 12.0. The highest BCUT2D eigenvalue weighted by atomic mass is 16.5. The average molecular weight is 373 g/mol. The molecule has 1 aliphatic heterocycles. The molecule has 1 saturated heterocycles. The van der Waals surface area contributed by atoms with Crippen molar-refractivity contribution in [3.63, 3.8) is 0 Å². The first-order valence-electron chi connectivity index (χ1n) is 9.56. The Kier molecular flexibility index (Phi) is 7.10. The van der Waals surface area contributed by atoms with Gasteiger partial charge in [0.2, 0.25) is 0 Å². The third kappa shape index (κ3) is 6.29. The predicted octanol–water partition coefficient (Wildman–Crippen LogP) is 3.90. The number of hydrogen-bond donors (Lipinski definition) is 2. The topological polar surface area (TPSA) is 85.6 Å². The van der Waals surface area contributed by atoms with Gasteiger partial charge in [-0.1, -0.05) is 18.5 Å². The first kappa shape index (κ1) is 19.2. The smallest absolute Gasteiger partial charge is 0.319 e. The number of carbonyl (C=O) groups excluding carboxylic acids is 1. The molecule has 0 spiro atoms. The van der Waals surface area contributed by atoms with Crippen LogP contribution in [0.1, 0.15) is 44.1 Å². The Morgan fingerprint density at radius 3 is 2.89 bits per heavy atom. The molecule has 2 N–H and O–H groups in total. The van der Waals surface area contributed by atoms with E-state index < -0.39 is 0 Å². The number of rotatable bonds is 8. The van der Waals surface area contributed by atoms with E-state index in [1.165, 1.54) is 6.42 Å². The first-order chi connectivity index (χ1) is 13.2. The van der Waals surface area contributed by atoms with Crippen LogP contribution in [-0.2, 0) is 17.7 Å². The molecule has 1 atom stereocenters. The van der Waals surface area contributed by atoms with Crippen LogP contribution in [0.3, 0.4) is 0 Å². The minimum Gasteiger partial charge on any atom is -0.491 e. The molecule has 0 radical (unpaired) electrons. The second-order valence-electron chi connectivity index (χ2n) is 6.67. The molecule has 2 amide bonds. The molecule has 1 aliphatic rings. The molecular formula is C20H27N3O4. The van der Waals surface area contributed by atoms with Crippen LogP contribution in [0.25, 0.3) is 0 Å². The number of nitrogens with one attached hydrogen (secondary N) is 2. The Hall–Kier alpha value is -2.54. The third-order valence-electron chi connectivity index (χ3n) is 4.36. The fraction of sp³-hybridized carbons (Fsp3) is 0.500. The summed E-state index contributed by atoms with van der Waals surface area (Å²) in [5.74, 6) is 1.41. The maximum atomic E-state index is 12.0. The van der Waals surface area contributed by atoms with Crippen molar-refractivity contribution in [1.29, 1.82) is 0 Å². The van der Waals surface area contributed by atoms with E-state index in [9.17, 15) is 4.79 Å². The van der Waals surface area contributed by atoms with Gasteiger partial charge in [-0.2, -0.15) is 0 Å². The van der Waals surface area contributed by atoms with Crippen LogP contribution in [0.5, 0.6) is 5.75 Å². The Morgan fingerprint density at radius 1 is 1.30 bits per heavy atom. The van der Waals surface area contributed by atoms with Gasteiger partial charge in [0.15, 0.2) is 5.76 Å². The first-order valence-corrected chi connectivity index (χ1v) is 9.56. The summed E-state index contributed by atoms with van der Waals surface area (Å²) in [5.41, 5.74) is 1.60. The molecule has 0 bridgehead atoms. The average Bonchev–Trinajstić information content (AvgIpc) is 3.15. The van der Waals surface area contributed by atoms with Gasteiger partial charge in [-0.15, -0.1) is 0 Å². The van der Waals surface area contributed by atoms with Gasteiger partial charge in [0.1, 0.15) is 12.4 Å². The normalized spacial score (nSPS) is 16.7. The number of ether oxygens (including phenoxy) is 2. The molecule has 0 saturated carbocycles. The van der Waals surface area contributed by atoms with Crippen molar-refractivity contribution in [1.82, 2.24) is 10.5 Å². The number of carbonyl (C=O) groups is 1. The van der Waals surface area contributed by atoms with E-state index in [1.54, 1.807) is 0 Å². The highest BCUT2D eigenvalue weighted by molar-refractivity contribution is 5.89. The van der Waals surface area contributed by atoms with E-state index in [1.807, 2.05) is 30.3 Å². The summed E-state index contributed by atoms with van der Waals surface area (Å²) < 4.78 is 16.6. The summed E-state index contributed by atoms with van der Waals surface area (Å²) in [4.78, 5) is 12.0. The number of aromatic nitrogens is 1. The van der Waals surface area contributed by atoms with Crippen LogP contribution < -0.4 is 15.4 Å². The number of benzene rings is 1. The second kappa shape index (κ2) is 9.97. The number of urea groups is 1. The van der Waals surface area contributed by atoms with E-state index in [2.05, 4.69) is 22.7 Å². The fourth-order valence-corrected chi connectivity index (χ4v) is 2.92. The molecule has 7 heteroatoms. The van der Waals surface area contributed by atoms with Crippen LogP contribution in [0.15, 0.2) is 34.9 Å². The minimum atomic E-state index is -0.298. The molecule has 27 heavy (non-hydrogen) atoms. The minimum absolute atomic E-state index is 0.177. The van der Waals surface area contributed by atoms with Crippen LogP contribution in [0.2, 0.25) is 0 Å². The molecule has 0 unspecified atom stereocenters. The fourth-order valence-electron chi connectivity index (χ4n) is 2.92. The number of nitrogens with zero attached hydrogens (tertiary/aromatic N) is 1. The van der Waals surface area contributed by atoms with Crippen molar-refractivity contribution in [3.05, 3.63) is 41.8 Å². The summed E-state index contributed by atoms with van der Waals surface area (Å²) >= 11 is 0. The van der Waals surface area contributed by atoms with Crippen LogP contribution in [-0.4, -0.2) is 30.5 Å². The van der Waals surface area contributed by atoms with E-state index in [-0.39, 0.29) is 12.1 Å². The van der Waals surface area contributed by atoms with Gasteiger partial charge in [-0.25, -0.2) is 4.79 Å². The monoisotopic (exact) mass is 373 g/mol. The summed E-state index contributed by atoms with van der Waals surface area (Å²) in [7, 11) is 0. The van der Waals surface area contributed by atoms with E-state index >= 15 is 0 Å².